The molecule has 0 unspecified atom stereocenters. The zero-order chi connectivity index (χ0) is 24.7. The minimum atomic E-state index is -0.691. The van der Waals surface area contributed by atoms with Crippen molar-refractivity contribution in [1.82, 2.24) is 10.2 Å². The van der Waals surface area contributed by atoms with E-state index in [-0.39, 0.29) is 24.8 Å². The Morgan fingerprint density at radius 2 is 1.47 bits per heavy atom. The third-order valence-corrected chi connectivity index (χ3v) is 5.77. The number of rotatable bonds is 8. The van der Waals surface area contributed by atoms with E-state index >= 15 is 0 Å². The van der Waals surface area contributed by atoms with Crippen molar-refractivity contribution in [1.29, 1.82) is 0 Å². The standard InChI is InChI=1S/C28H30Cl2N2O2/c1-28(2,3)31-27(34)25(17-20-8-5-4-6-9-20)32(19-21-12-14-23(29)15-13-21)26(33)18-22-10-7-11-24(30)16-22/h4-16,25H,17-19H2,1-3H3,(H,31,34)/t25-/m1/s1. The molecule has 3 aromatic carbocycles. The molecule has 0 spiro atoms. The van der Waals surface area contributed by atoms with Gasteiger partial charge >= 0.3 is 0 Å². The van der Waals surface area contributed by atoms with E-state index in [1.54, 1.807) is 29.2 Å². The summed E-state index contributed by atoms with van der Waals surface area (Å²) in [4.78, 5) is 28.9. The van der Waals surface area contributed by atoms with Gasteiger partial charge in [-0.2, -0.15) is 0 Å². The number of nitrogens with zero attached hydrogens (tertiary/aromatic N) is 1. The van der Waals surface area contributed by atoms with Crippen molar-refractivity contribution in [3.05, 3.63) is 106 Å². The van der Waals surface area contributed by atoms with Gasteiger partial charge in [0.1, 0.15) is 6.04 Å². The number of benzene rings is 3. The molecule has 0 aliphatic heterocycles. The smallest absolute Gasteiger partial charge is 0.243 e. The first-order valence-electron chi connectivity index (χ1n) is 11.2. The number of carbonyl (C=O) groups is 2. The summed E-state index contributed by atoms with van der Waals surface area (Å²) in [6.45, 7) is 6.08. The van der Waals surface area contributed by atoms with E-state index < -0.39 is 11.6 Å². The second-order valence-corrected chi connectivity index (χ2v) is 10.3. The largest absolute Gasteiger partial charge is 0.350 e. The minimum absolute atomic E-state index is 0.141. The lowest BCUT2D eigenvalue weighted by Crippen LogP contribution is -2.54. The fourth-order valence-corrected chi connectivity index (χ4v) is 4.06. The molecular formula is C28H30Cl2N2O2. The molecule has 178 valence electrons. The second-order valence-electron chi connectivity index (χ2n) is 9.40. The van der Waals surface area contributed by atoms with E-state index in [0.717, 1.165) is 16.7 Å². The number of amides is 2. The average Bonchev–Trinajstić information content (AvgIpc) is 2.77. The molecule has 3 aromatic rings. The molecule has 4 nitrogen and oxygen atoms in total. The molecule has 0 saturated heterocycles. The van der Waals surface area contributed by atoms with Crippen molar-refractivity contribution in [3.63, 3.8) is 0 Å². The summed E-state index contributed by atoms with van der Waals surface area (Å²) in [6, 6.07) is 23.6. The van der Waals surface area contributed by atoms with Gasteiger partial charge in [0.05, 0.1) is 6.42 Å². The molecule has 0 heterocycles. The van der Waals surface area contributed by atoms with Crippen LogP contribution in [0.5, 0.6) is 0 Å². The van der Waals surface area contributed by atoms with Crippen LogP contribution in [0.2, 0.25) is 10.0 Å². The summed E-state index contributed by atoms with van der Waals surface area (Å²) in [5.74, 6) is -0.341. The maximum Gasteiger partial charge on any atom is 0.243 e. The Morgan fingerprint density at radius 3 is 2.09 bits per heavy atom. The van der Waals surface area contributed by atoms with Gasteiger partial charge in [0.2, 0.25) is 11.8 Å². The lowest BCUT2D eigenvalue weighted by atomic mass is 10.00. The zero-order valence-electron chi connectivity index (χ0n) is 19.7. The van der Waals surface area contributed by atoms with Gasteiger partial charge in [-0.3, -0.25) is 9.59 Å². The van der Waals surface area contributed by atoms with E-state index in [2.05, 4.69) is 5.32 Å². The van der Waals surface area contributed by atoms with Crippen LogP contribution in [0.1, 0.15) is 37.5 Å². The first kappa shape index (κ1) is 25.8. The monoisotopic (exact) mass is 496 g/mol. The third-order valence-electron chi connectivity index (χ3n) is 5.28. The summed E-state index contributed by atoms with van der Waals surface area (Å²) >= 11 is 12.2. The van der Waals surface area contributed by atoms with Crippen molar-refractivity contribution < 1.29 is 9.59 Å². The molecule has 3 rings (SSSR count). The van der Waals surface area contributed by atoms with Gasteiger partial charge in [0.25, 0.3) is 0 Å². The van der Waals surface area contributed by atoms with Crippen molar-refractivity contribution >= 4 is 35.0 Å². The lowest BCUT2D eigenvalue weighted by Gasteiger charge is -2.34. The number of hydrogen-bond acceptors (Lipinski definition) is 2. The normalized spacial score (nSPS) is 12.1. The maximum absolute atomic E-state index is 13.7. The quantitative estimate of drug-likeness (QED) is 0.410. The van der Waals surface area contributed by atoms with Crippen LogP contribution in [0.3, 0.4) is 0 Å². The Morgan fingerprint density at radius 1 is 0.824 bits per heavy atom. The highest BCUT2D eigenvalue weighted by atomic mass is 35.5. The Bertz CT molecular complexity index is 1110. The summed E-state index contributed by atoms with van der Waals surface area (Å²) in [7, 11) is 0. The number of carbonyl (C=O) groups excluding carboxylic acids is 2. The van der Waals surface area contributed by atoms with E-state index in [0.29, 0.717) is 16.5 Å². The molecule has 0 radical (unpaired) electrons. The fourth-order valence-electron chi connectivity index (χ4n) is 3.72. The van der Waals surface area contributed by atoms with Crippen LogP contribution in [0.15, 0.2) is 78.9 Å². The predicted molar refractivity (Wildman–Crippen MR) is 139 cm³/mol. The molecule has 0 aliphatic rings. The van der Waals surface area contributed by atoms with Crippen molar-refractivity contribution in [2.24, 2.45) is 0 Å². The first-order chi connectivity index (χ1) is 16.1. The Hall–Kier alpha value is -2.82. The highest BCUT2D eigenvalue weighted by molar-refractivity contribution is 6.30. The van der Waals surface area contributed by atoms with Gasteiger partial charge in [0.15, 0.2) is 0 Å². The van der Waals surface area contributed by atoms with Crippen molar-refractivity contribution in [3.8, 4) is 0 Å². The Labute approximate surface area is 211 Å². The Kier molecular flexibility index (Phi) is 8.76. The molecule has 0 aliphatic carbocycles. The summed E-state index contributed by atoms with van der Waals surface area (Å²) in [6.07, 6.45) is 0.542. The SMILES string of the molecule is CC(C)(C)NC(=O)[C@@H](Cc1ccccc1)N(Cc1ccc(Cl)cc1)C(=O)Cc1cccc(Cl)c1. The van der Waals surface area contributed by atoms with Crippen molar-refractivity contribution in [2.75, 3.05) is 0 Å². The molecular weight excluding hydrogens is 467 g/mol. The van der Waals surface area contributed by atoms with Crippen molar-refractivity contribution in [2.45, 2.75) is 51.7 Å². The molecule has 0 fully saturated rings. The van der Waals surface area contributed by atoms with E-state index in [1.165, 1.54) is 0 Å². The first-order valence-corrected chi connectivity index (χ1v) is 12.0. The summed E-state index contributed by atoms with van der Waals surface area (Å²) in [5, 5.41) is 4.26. The molecule has 6 heteroatoms. The van der Waals surface area contributed by atoms with Crippen LogP contribution in [-0.4, -0.2) is 28.3 Å². The number of halogens is 2. The van der Waals surface area contributed by atoms with E-state index in [4.69, 9.17) is 23.2 Å². The van der Waals surface area contributed by atoms with Crippen LogP contribution in [0.4, 0.5) is 0 Å². The van der Waals surface area contributed by atoms with Crippen LogP contribution in [-0.2, 0) is 29.0 Å². The molecule has 2 amide bonds. The minimum Gasteiger partial charge on any atom is -0.350 e. The highest BCUT2D eigenvalue weighted by Crippen LogP contribution is 2.20. The zero-order valence-corrected chi connectivity index (χ0v) is 21.2. The maximum atomic E-state index is 13.7. The molecule has 1 atom stereocenters. The van der Waals surface area contributed by atoms with Gasteiger partial charge in [0, 0.05) is 28.5 Å². The summed E-state index contributed by atoms with van der Waals surface area (Å²) < 4.78 is 0. The second kappa shape index (κ2) is 11.5. The molecule has 0 saturated carbocycles. The molecule has 34 heavy (non-hydrogen) atoms. The van der Waals surface area contributed by atoms with Crippen LogP contribution >= 0.6 is 23.2 Å². The van der Waals surface area contributed by atoms with Gasteiger partial charge in [-0.25, -0.2) is 0 Å². The topological polar surface area (TPSA) is 49.4 Å². The average molecular weight is 497 g/mol. The fraction of sp³-hybridized carbons (Fsp3) is 0.286. The highest BCUT2D eigenvalue weighted by Gasteiger charge is 2.32. The van der Waals surface area contributed by atoms with Crippen LogP contribution in [0.25, 0.3) is 0 Å². The summed E-state index contributed by atoms with van der Waals surface area (Å²) in [5.41, 5.74) is 2.24. The van der Waals surface area contributed by atoms with Gasteiger partial charge < -0.3 is 10.2 Å². The number of nitrogens with one attached hydrogen (secondary N) is 1. The van der Waals surface area contributed by atoms with E-state index in [9.17, 15) is 9.59 Å². The van der Waals surface area contributed by atoms with Gasteiger partial charge in [-0.1, -0.05) is 77.8 Å². The molecule has 1 N–H and O–H groups in total. The van der Waals surface area contributed by atoms with E-state index in [1.807, 2.05) is 75.4 Å². The Balaban J connectivity index is 1.98. The van der Waals surface area contributed by atoms with Gasteiger partial charge in [-0.05, 0) is 61.7 Å². The van der Waals surface area contributed by atoms with Crippen LogP contribution in [0, 0.1) is 0 Å². The number of hydrogen-bond donors (Lipinski definition) is 1. The van der Waals surface area contributed by atoms with Crippen LogP contribution < -0.4 is 5.32 Å². The predicted octanol–water partition coefficient (Wildman–Crippen LogP) is 6.09. The third kappa shape index (κ3) is 7.89. The molecule has 0 aromatic heterocycles. The van der Waals surface area contributed by atoms with Gasteiger partial charge in [-0.15, -0.1) is 0 Å². The molecule has 0 bridgehead atoms. The lowest BCUT2D eigenvalue weighted by molar-refractivity contribution is -0.141.